The van der Waals surface area contributed by atoms with E-state index in [1.54, 1.807) is 0 Å². The molecular formula is C14H30N2. The third-order valence-electron chi connectivity index (χ3n) is 3.87. The Labute approximate surface area is 102 Å². The number of rotatable bonds is 7. The second-order valence-electron chi connectivity index (χ2n) is 5.32. The van der Waals surface area contributed by atoms with Crippen molar-refractivity contribution in [2.24, 2.45) is 5.92 Å². The molecule has 1 aliphatic rings. The molecule has 2 heteroatoms. The molecule has 1 saturated heterocycles. The van der Waals surface area contributed by atoms with Crippen LogP contribution in [0.25, 0.3) is 0 Å². The van der Waals surface area contributed by atoms with E-state index >= 15 is 0 Å². The van der Waals surface area contributed by atoms with Gasteiger partial charge in [0.1, 0.15) is 0 Å². The van der Waals surface area contributed by atoms with Gasteiger partial charge in [0.05, 0.1) is 0 Å². The fourth-order valence-corrected chi connectivity index (χ4v) is 3.07. The van der Waals surface area contributed by atoms with Crippen molar-refractivity contribution in [3.05, 3.63) is 0 Å². The molecule has 96 valence electrons. The van der Waals surface area contributed by atoms with Crippen LogP contribution in [-0.4, -0.2) is 36.6 Å². The van der Waals surface area contributed by atoms with Gasteiger partial charge in [-0.15, -0.1) is 0 Å². The second kappa shape index (κ2) is 7.29. The number of hydrogen-bond donors (Lipinski definition) is 1. The van der Waals surface area contributed by atoms with Gasteiger partial charge in [0, 0.05) is 18.6 Å². The van der Waals surface area contributed by atoms with E-state index in [0.29, 0.717) is 6.04 Å². The molecule has 0 amide bonds. The number of nitrogens with one attached hydrogen (secondary N) is 1. The minimum absolute atomic E-state index is 0.699. The highest BCUT2D eigenvalue weighted by Crippen LogP contribution is 2.22. The molecule has 2 nitrogen and oxygen atoms in total. The zero-order valence-corrected chi connectivity index (χ0v) is 11.6. The van der Waals surface area contributed by atoms with E-state index in [0.717, 1.165) is 18.5 Å². The van der Waals surface area contributed by atoms with Gasteiger partial charge in [-0.05, 0) is 38.3 Å². The van der Waals surface area contributed by atoms with Crippen molar-refractivity contribution >= 4 is 0 Å². The van der Waals surface area contributed by atoms with Gasteiger partial charge in [-0.1, -0.05) is 34.1 Å². The predicted octanol–water partition coefficient (Wildman–Crippen LogP) is 2.89. The number of hydrogen-bond acceptors (Lipinski definition) is 2. The van der Waals surface area contributed by atoms with Crippen molar-refractivity contribution in [2.45, 2.75) is 65.5 Å². The van der Waals surface area contributed by atoms with Crippen LogP contribution in [0.2, 0.25) is 0 Å². The maximum Gasteiger partial charge on any atom is 0.0246 e. The SMILES string of the molecule is CCCC(NCC)C(CC)N1CCC(C)C1. The molecule has 3 atom stereocenters. The van der Waals surface area contributed by atoms with Gasteiger partial charge in [-0.3, -0.25) is 4.90 Å². The molecule has 1 rings (SSSR count). The van der Waals surface area contributed by atoms with Gasteiger partial charge in [0.15, 0.2) is 0 Å². The minimum Gasteiger partial charge on any atom is -0.313 e. The molecule has 1 fully saturated rings. The highest BCUT2D eigenvalue weighted by Gasteiger charge is 2.29. The van der Waals surface area contributed by atoms with Crippen LogP contribution < -0.4 is 5.32 Å². The van der Waals surface area contributed by atoms with Crippen molar-refractivity contribution in [3.63, 3.8) is 0 Å². The van der Waals surface area contributed by atoms with Crippen molar-refractivity contribution in [1.29, 1.82) is 0 Å². The highest BCUT2D eigenvalue weighted by molar-refractivity contribution is 4.87. The zero-order chi connectivity index (χ0) is 12.0. The van der Waals surface area contributed by atoms with Crippen molar-refractivity contribution < 1.29 is 0 Å². The number of likely N-dealkylation sites (N-methyl/N-ethyl adjacent to an activating group) is 1. The molecule has 0 aromatic rings. The monoisotopic (exact) mass is 226 g/mol. The third kappa shape index (κ3) is 3.74. The van der Waals surface area contributed by atoms with E-state index in [2.05, 4.69) is 37.9 Å². The Morgan fingerprint density at radius 1 is 1.31 bits per heavy atom. The van der Waals surface area contributed by atoms with Crippen LogP contribution in [0.4, 0.5) is 0 Å². The van der Waals surface area contributed by atoms with Crippen molar-refractivity contribution in [3.8, 4) is 0 Å². The lowest BCUT2D eigenvalue weighted by Crippen LogP contribution is -2.49. The first-order valence-corrected chi connectivity index (χ1v) is 7.20. The van der Waals surface area contributed by atoms with Crippen LogP contribution in [0, 0.1) is 5.92 Å². The molecule has 1 aliphatic heterocycles. The molecule has 0 aliphatic carbocycles. The van der Waals surface area contributed by atoms with Crippen molar-refractivity contribution in [1.82, 2.24) is 10.2 Å². The maximum atomic E-state index is 3.68. The van der Waals surface area contributed by atoms with E-state index in [9.17, 15) is 0 Å². The molecule has 1 heterocycles. The van der Waals surface area contributed by atoms with Crippen LogP contribution in [0.3, 0.4) is 0 Å². The normalized spacial score (nSPS) is 25.9. The van der Waals surface area contributed by atoms with E-state index < -0.39 is 0 Å². The summed E-state index contributed by atoms with van der Waals surface area (Å²) in [4.78, 5) is 2.72. The van der Waals surface area contributed by atoms with Crippen LogP contribution in [0.15, 0.2) is 0 Å². The van der Waals surface area contributed by atoms with Gasteiger partial charge >= 0.3 is 0 Å². The van der Waals surface area contributed by atoms with Crippen LogP contribution in [0.5, 0.6) is 0 Å². The molecule has 16 heavy (non-hydrogen) atoms. The Kier molecular flexibility index (Phi) is 6.37. The molecule has 0 spiro atoms. The summed E-state index contributed by atoms with van der Waals surface area (Å²) in [6.45, 7) is 13.0. The molecule has 0 bridgehead atoms. The van der Waals surface area contributed by atoms with Gasteiger partial charge in [0.2, 0.25) is 0 Å². The smallest absolute Gasteiger partial charge is 0.0246 e. The summed E-state index contributed by atoms with van der Waals surface area (Å²) in [5.41, 5.74) is 0. The Morgan fingerprint density at radius 3 is 2.50 bits per heavy atom. The molecule has 3 unspecified atom stereocenters. The van der Waals surface area contributed by atoms with E-state index in [4.69, 9.17) is 0 Å². The summed E-state index contributed by atoms with van der Waals surface area (Å²) in [5.74, 6) is 0.901. The lowest BCUT2D eigenvalue weighted by atomic mass is 9.99. The average molecular weight is 226 g/mol. The molecule has 0 saturated carbocycles. The predicted molar refractivity (Wildman–Crippen MR) is 71.8 cm³/mol. The molecular weight excluding hydrogens is 196 g/mol. The zero-order valence-electron chi connectivity index (χ0n) is 11.6. The molecule has 0 aromatic heterocycles. The Balaban J connectivity index is 2.54. The fraction of sp³-hybridized carbons (Fsp3) is 1.00. The first-order valence-electron chi connectivity index (χ1n) is 7.20. The van der Waals surface area contributed by atoms with Gasteiger partial charge < -0.3 is 5.32 Å². The first-order chi connectivity index (χ1) is 7.72. The van der Waals surface area contributed by atoms with Crippen LogP contribution in [0.1, 0.15) is 53.4 Å². The standard InChI is InChI=1S/C14H30N2/c1-5-8-13(15-7-3)14(6-2)16-10-9-12(4)11-16/h12-15H,5-11H2,1-4H3. The Morgan fingerprint density at radius 2 is 2.06 bits per heavy atom. The largest absolute Gasteiger partial charge is 0.313 e. The summed E-state index contributed by atoms with van der Waals surface area (Å²) in [5, 5.41) is 3.68. The van der Waals surface area contributed by atoms with Gasteiger partial charge in [-0.2, -0.15) is 0 Å². The average Bonchev–Trinajstić information content (AvgIpc) is 2.67. The Bertz CT molecular complexity index is 176. The molecule has 0 radical (unpaired) electrons. The maximum absolute atomic E-state index is 3.68. The second-order valence-corrected chi connectivity index (χ2v) is 5.32. The Hall–Kier alpha value is -0.0800. The summed E-state index contributed by atoms with van der Waals surface area (Å²) in [6, 6.07) is 1.45. The summed E-state index contributed by atoms with van der Waals surface area (Å²) in [6.07, 6.45) is 5.28. The summed E-state index contributed by atoms with van der Waals surface area (Å²) < 4.78 is 0. The fourth-order valence-electron chi connectivity index (χ4n) is 3.07. The highest BCUT2D eigenvalue weighted by atomic mass is 15.2. The van der Waals surface area contributed by atoms with E-state index in [1.807, 2.05) is 0 Å². The first kappa shape index (κ1) is 14.0. The topological polar surface area (TPSA) is 15.3 Å². The third-order valence-corrected chi connectivity index (χ3v) is 3.87. The van der Waals surface area contributed by atoms with E-state index in [-0.39, 0.29) is 0 Å². The molecule has 1 N–H and O–H groups in total. The van der Waals surface area contributed by atoms with Crippen LogP contribution >= 0.6 is 0 Å². The summed E-state index contributed by atoms with van der Waals surface area (Å²) in [7, 11) is 0. The lowest BCUT2D eigenvalue weighted by Gasteiger charge is -2.34. The number of likely N-dealkylation sites (tertiary alicyclic amines) is 1. The quantitative estimate of drug-likeness (QED) is 0.718. The van der Waals surface area contributed by atoms with Gasteiger partial charge in [0.25, 0.3) is 0 Å². The van der Waals surface area contributed by atoms with Crippen LogP contribution in [-0.2, 0) is 0 Å². The van der Waals surface area contributed by atoms with Crippen molar-refractivity contribution in [2.75, 3.05) is 19.6 Å². The lowest BCUT2D eigenvalue weighted by molar-refractivity contribution is 0.175. The van der Waals surface area contributed by atoms with Gasteiger partial charge in [-0.25, -0.2) is 0 Å². The summed E-state index contributed by atoms with van der Waals surface area (Å²) >= 11 is 0. The van der Waals surface area contributed by atoms with E-state index in [1.165, 1.54) is 38.8 Å². The molecule has 0 aromatic carbocycles. The number of nitrogens with zero attached hydrogens (tertiary/aromatic N) is 1. The minimum atomic E-state index is 0.699.